The van der Waals surface area contributed by atoms with E-state index < -0.39 is 21.1 Å². The third kappa shape index (κ3) is 3.70. The predicted octanol–water partition coefficient (Wildman–Crippen LogP) is 2.74. The van der Waals surface area contributed by atoms with Gasteiger partial charge < -0.3 is 5.11 Å². The van der Waals surface area contributed by atoms with Gasteiger partial charge in [-0.1, -0.05) is 60.2 Å². The summed E-state index contributed by atoms with van der Waals surface area (Å²) >= 11 is 0. The molecule has 1 unspecified atom stereocenters. The minimum absolute atomic E-state index is 0.276. The molecule has 21 heavy (non-hydrogen) atoms. The third-order valence-electron chi connectivity index (χ3n) is 3.14. The second-order valence-corrected chi connectivity index (χ2v) is 7.01. The maximum atomic E-state index is 12.5. The molecule has 0 aliphatic rings. The summed E-state index contributed by atoms with van der Waals surface area (Å²) in [5, 5.41) is 7.77. The van der Waals surface area contributed by atoms with Crippen molar-refractivity contribution in [1.82, 2.24) is 0 Å². The van der Waals surface area contributed by atoms with Crippen LogP contribution in [0.15, 0.2) is 54.6 Å². The molecular formula is C16H16O4S. The first-order valence-corrected chi connectivity index (χ1v) is 8.16. The number of rotatable bonds is 5. The van der Waals surface area contributed by atoms with Gasteiger partial charge in [0.1, 0.15) is 0 Å². The number of benzene rings is 2. The fraction of sp³-hybridized carbons (Fsp3) is 0.188. The van der Waals surface area contributed by atoms with Crippen LogP contribution in [0.5, 0.6) is 0 Å². The van der Waals surface area contributed by atoms with Gasteiger partial charge in [-0.25, -0.2) is 8.42 Å². The SMILES string of the molecule is Cc1cccc(CS(=O)(=O)C(C(=O)O)c2ccccc2)c1. The second-order valence-electron chi connectivity index (χ2n) is 4.93. The van der Waals surface area contributed by atoms with E-state index in [2.05, 4.69) is 0 Å². The van der Waals surface area contributed by atoms with Gasteiger partial charge in [0.2, 0.25) is 0 Å². The number of sulfone groups is 1. The standard InChI is InChI=1S/C16H16O4S/c1-12-6-5-7-13(10-12)11-21(19,20)15(16(17)18)14-8-3-2-4-9-14/h2-10,15H,11H2,1H3,(H,17,18). The van der Waals surface area contributed by atoms with E-state index in [-0.39, 0.29) is 11.3 Å². The van der Waals surface area contributed by atoms with Gasteiger partial charge in [0, 0.05) is 0 Å². The zero-order valence-electron chi connectivity index (χ0n) is 11.6. The monoisotopic (exact) mass is 304 g/mol. The lowest BCUT2D eigenvalue weighted by molar-refractivity contribution is -0.136. The van der Waals surface area contributed by atoms with Crippen molar-refractivity contribution < 1.29 is 18.3 Å². The van der Waals surface area contributed by atoms with E-state index in [4.69, 9.17) is 0 Å². The lowest BCUT2D eigenvalue weighted by atomic mass is 10.1. The van der Waals surface area contributed by atoms with Crippen LogP contribution < -0.4 is 0 Å². The minimum atomic E-state index is -3.84. The molecule has 0 fully saturated rings. The molecule has 0 saturated heterocycles. The van der Waals surface area contributed by atoms with E-state index >= 15 is 0 Å². The van der Waals surface area contributed by atoms with Crippen molar-refractivity contribution in [2.45, 2.75) is 17.9 Å². The smallest absolute Gasteiger partial charge is 0.326 e. The van der Waals surface area contributed by atoms with Gasteiger partial charge in [0.15, 0.2) is 15.1 Å². The summed E-state index contributed by atoms with van der Waals surface area (Å²) in [6, 6.07) is 15.1. The van der Waals surface area contributed by atoms with Gasteiger partial charge in [-0.15, -0.1) is 0 Å². The third-order valence-corrected chi connectivity index (χ3v) is 5.06. The lowest BCUT2D eigenvalue weighted by Crippen LogP contribution is -2.23. The molecule has 0 radical (unpaired) electrons. The molecule has 0 saturated carbocycles. The highest BCUT2D eigenvalue weighted by atomic mass is 32.2. The number of carbonyl (C=O) groups is 1. The molecule has 2 aromatic carbocycles. The number of aryl methyl sites for hydroxylation is 1. The number of aliphatic carboxylic acids is 1. The van der Waals surface area contributed by atoms with Gasteiger partial charge in [0.25, 0.3) is 0 Å². The van der Waals surface area contributed by atoms with Crippen LogP contribution in [0.4, 0.5) is 0 Å². The van der Waals surface area contributed by atoms with Crippen molar-refractivity contribution >= 4 is 15.8 Å². The normalized spacial score (nSPS) is 12.8. The first-order chi connectivity index (χ1) is 9.90. The number of hydrogen-bond donors (Lipinski definition) is 1. The Kier molecular flexibility index (Phi) is 4.43. The summed E-state index contributed by atoms with van der Waals surface area (Å²) in [5.41, 5.74) is 1.81. The first kappa shape index (κ1) is 15.3. The highest BCUT2D eigenvalue weighted by Crippen LogP contribution is 2.26. The van der Waals surface area contributed by atoms with E-state index in [0.717, 1.165) is 5.56 Å². The largest absolute Gasteiger partial charge is 0.480 e. The minimum Gasteiger partial charge on any atom is -0.480 e. The Labute approximate surface area is 124 Å². The van der Waals surface area contributed by atoms with Crippen molar-refractivity contribution in [3.63, 3.8) is 0 Å². The van der Waals surface area contributed by atoms with Crippen LogP contribution in [0, 0.1) is 6.92 Å². The molecule has 0 spiro atoms. The van der Waals surface area contributed by atoms with Gasteiger partial charge in [-0.3, -0.25) is 4.79 Å². The van der Waals surface area contributed by atoms with Crippen LogP contribution in [0.1, 0.15) is 21.9 Å². The lowest BCUT2D eigenvalue weighted by Gasteiger charge is -2.14. The van der Waals surface area contributed by atoms with Crippen molar-refractivity contribution in [2.75, 3.05) is 0 Å². The van der Waals surface area contributed by atoms with Crippen LogP contribution in [-0.4, -0.2) is 19.5 Å². The predicted molar refractivity (Wildman–Crippen MR) is 80.6 cm³/mol. The second kappa shape index (κ2) is 6.10. The van der Waals surface area contributed by atoms with Crippen molar-refractivity contribution in [3.8, 4) is 0 Å². The van der Waals surface area contributed by atoms with Gasteiger partial charge in [-0.05, 0) is 18.1 Å². The molecule has 1 N–H and O–H groups in total. The number of carboxylic acid groups (broad SMARTS) is 1. The Morgan fingerprint density at radius 1 is 1.10 bits per heavy atom. The molecule has 2 rings (SSSR count). The summed E-state index contributed by atoms with van der Waals surface area (Å²) in [4.78, 5) is 11.4. The summed E-state index contributed by atoms with van der Waals surface area (Å²) in [6.07, 6.45) is 0. The van der Waals surface area contributed by atoms with Crippen LogP contribution in [0.3, 0.4) is 0 Å². The molecule has 0 aromatic heterocycles. The van der Waals surface area contributed by atoms with E-state index in [1.165, 1.54) is 12.1 Å². The van der Waals surface area contributed by atoms with Crippen LogP contribution in [0.25, 0.3) is 0 Å². The average Bonchev–Trinajstić information content (AvgIpc) is 2.38. The summed E-state index contributed by atoms with van der Waals surface area (Å²) in [7, 11) is -3.84. The summed E-state index contributed by atoms with van der Waals surface area (Å²) in [6.45, 7) is 1.86. The Morgan fingerprint density at radius 2 is 1.76 bits per heavy atom. The molecule has 0 aliphatic heterocycles. The Morgan fingerprint density at radius 3 is 2.33 bits per heavy atom. The van der Waals surface area contributed by atoms with Gasteiger partial charge >= 0.3 is 5.97 Å². The molecular weight excluding hydrogens is 288 g/mol. The molecule has 1 atom stereocenters. The Hall–Kier alpha value is -2.14. The van der Waals surface area contributed by atoms with Crippen LogP contribution >= 0.6 is 0 Å². The van der Waals surface area contributed by atoms with Crippen LogP contribution in [-0.2, 0) is 20.4 Å². The highest BCUT2D eigenvalue weighted by molar-refractivity contribution is 7.91. The van der Waals surface area contributed by atoms with E-state index in [1.807, 2.05) is 13.0 Å². The zero-order valence-corrected chi connectivity index (χ0v) is 12.4. The first-order valence-electron chi connectivity index (χ1n) is 6.45. The zero-order chi connectivity index (χ0) is 15.5. The van der Waals surface area contributed by atoms with Crippen molar-refractivity contribution in [2.24, 2.45) is 0 Å². The van der Waals surface area contributed by atoms with Crippen LogP contribution in [0.2, 0.25) is 0 Å². The highest BCUT2D eigenvalue weighted by Gasteiger charge is 2.34. The molecule has 0 amide bonds. The van der Waals surface area contributed by atoms with Gasteiger partial charge in [0.05, 0.1) is 5.75 Å². The number of carboxylic acids is 1. The summed E-state index contributed by atoms with van der Waals surface area (Å²) < 4.78 is 24.9. The fourth-order valence-electron chi connectivity index (χ4n) is 2.25. The average molecular weight is 304 g/mol. The topological polar surface area (TPSA) is 71.4 Å². The molecule has 0 aliphatic carbocycles. The van der Waals surface area contributed by atoms with Gasteiger partial charge in [-0.2, -0.15) is 0 Å². The Bertz CT molecular complexity index is 736. The molecule has 0 bridgehead atoms. The van der Waals surface area contributed by atoms with E-state index in [0.29, 0.717) is 5.56 Å². The quantitative estimate of drug-likeness (QED) is 0.922. The van der Waals surface area contributed by atoms with Crippen molar-refractivity contribution in [1.29, 1.82) is 0 Å². The molecule has 5 heteroatoms. The van der Waals surface area contributed by atoms with E-state index in [9.17, 15) is 18.3 Å². The molecule has 4 nitrogen and oxygen atoms in total. The molecule has 2 aromatic rings. The maximum absolute atomic E-state index is 12.5. The maximum Gasteiger partial charge on any atom is 0.326 e. The summed E-state index contributed by atoms with van der Waals surface area (Å²) in [5.74, 6) is -1.64. The van der Waals surface area contributed by atoms with Crippen molar-refractivity contribution in [3.05, 3.63) is 71.3 Å². The van der Waals surface area contributed by atoms with E-state index in [1.54, 1.807) is 36.4 Å². The number of hydrogen-bond acceptors (Lipinski definition) is 3. The molecule has 110 valence electrons. The molecule has 0 heterocycles. The Balaban J connectivity index is 2.38. The fourth-order valence-corrected chi connectivity index (χ4v) is 3.94.